The van der Waals surface area contributed by atoms with E-state index in [1.54, 1.807) is 0 Å². The Morgan fingerprint density at radius 1 is 0.667 bits per heavy atom. The molecular weight excluding hydrogens is 440 g/mol. The van der Waals surface area contributed by atoms with Crippen molar-refractivity contribution in [2.75, 3.05) is 0 Å². The maximum absolute atomic E-state index is 11.7. The lowest BCUT2D eigenvalue weighted by Crippen LogP contribution is -2.51. The van der Waals surface area contributed by atoms with Crippen LogP contribution in [0.1, 0.15) is 23.0 Å². The lowest BCUT2D eigenvalue weighted by atomic mass is 9.52. The molecule has 3 rings (SSSR count). The van der Waals surface area contributed by atoms with Crippen molar-refractivity contribution in [1.29, 1.82) is 0 Å². The van der Waals surface area contributed by atoms with E-state index in [0.717, 1.165) is 20.1 Å². The molecule has 0 unspecified atom stereocenters. The van der Waals surface area contributed by atoms with Gasteiger partial charge in [-0.05, 0) is 35.4 Å². The summed E-state index contributed by atoms with van der Waals surface area (Å²) in [4.78, 5) is 23.4. The number of rotatable bonds is 4. The number of hydrogen-bond donors (Lipinski definition) is 2. The molecule has 2 N–H and O–H groups in total. The van der Waals surface area contributed by atoms with E-state index in [2.05, 4.69) is 31.9 Å². The first-order valence-corrected chi connectivity index (χ1v) is 8.95. The Bertz CT molecular complexity index is 703. The lowest BCUT2D eigenvalue weighted by molar-refractivity contribution is -0.164. The lowest BCUT2D eigenvalue weighted by Gasteiger charge is -2.48. The predicted octanol–water partition coefficient (Wildman–Crippen LogP) is 4.49. The Balaban J connectivity index is 2.06. The third-order valence-electron chi connectivity index (χ3n) is 4.63. The molecular formula is C18H14Br2O4. The van der Waals surface area contributed by atoms with Crippen LogP contribution in [-0.2, 0) is 9.59 Å². The first-order valence-electron chi connectivity index (χ1n) is 7.36. The van der Waals surface area contributed by atoms with Crippen molar-refractivity contribution in [2.45, 2.75) is 11.8 Å². The Labute approximate surface area is 155 Å². The largest absolute Gasteiger partial charge is 0.481 e. The van der Waals surface area contributed by atoms with Crippen LogP contribution in [0.4, 0.5) is 0 Å². The summed E-state index contributed by atoms with van der Waals surface area (Å²) in [5, 5.41) is 19.1. The molecule has 2 aromatic carbocycles. The first-order chi connectivity index (χ1) is 11.4. The zero-order valence-corrected chi connectivity index (χ0v) is 15.6. The normalized spacial score (nSPS) is 25.8. The number of carbonyl (C=O) groups is 2. The van der Waals surface area contributed by atoms with Crippen molar-refractivity contribution in [1.82, 2.24) is 0 Å². The first kappa shape index (κ1) is 17.2. The van der Waals surface area contributed by atoms with Crippen LogP contribution < -0.4 is 0 Å². The van der Waals surface area contributed by atoms with Gasteiger partial charge >= 0.3 is 11.9 Å². The zero-order valence-electron chi connectivity index (χ0n) is 12.4. The van der Waals surface area contributed by atoms with Crippen molar-refractivity contribution in [3.63, 3.8) is 0 Å². The van der Waals surface area contributed by atoms with E-state index in [1.165, 1.54) is 0 Å². The summed E-state index contributed by atoms with van der Waals surface area (Å²) in [6.45, 7) is 0. The highest BCUT2D eigenvalue weighted by molar-refractivity contribution is 9.10. The molecule has 0 bridgehead atoms. The highest BCUT2D eigenvalue weighted by Gasteiger charge is 2.58. The molecule has 4 nitrogen and oxygen atoms in total. The van der Waals surface area contributed by atoms with Crippen LogP contribution in [0.15, 0.2) is 57.5 Å². The summed E-state index contributed by atoms with van der Waals surface area (Å²) in [6, 6.07) is 14.8. The van der Waals surface area contributed by atoms with Gasteiger partial charge in [-0.1, -0.05) is 56.1 Å². The van der Waals surface area contributed by atoms with Crippen LogP contribution in [0, 0.1) is 11.8 Å². The van der Waals surface area contributed by atoms with Crippen molar-refractivity contribution >= 4 is 43.8 Å². The number of halogens is 2. The third-order valence-corrected chi connectivity index (χ3v) is 5.69. The molecule has 2 aromatic rings. The smallest absolute Gasteiger partial charge is 0.308 e. The molecule has 6 heteroatoms. The van der Waals surface area contributed by atoms with Gasteiger partial charge in [-0.2, -0.15) is 0 Å². The molecule has 0 amide bonds. The Kier molecular flexibility index (Phi) is 4.78. The Morgan fingerprint density at radius 2 is 0.958 bits per heavy atom. The minimum absolute atomic E-state index is 0.363. The maximum atomic E-state index is 11.7. The number of aliphatic carboxylic acids is 2. The van der Waals surface area contributed by atoms with Gasteiger partial charge in [0, 0.05) is 20.8 Å². The zero-order chi connectivity index (χ0) is 17.4. The second-order valence-corrected chi connectivity index (χ2v) is 7.71. The molecule has 0 aromatic heterocycles. The summed E-state index contributed by atoms with van der Waals surface area (Å²) in [5.74, 6) is -4.72. The second kappa shape index (κ2) is 6.69. The molecule has 1 fully saturated rings. The van der Waals surface area contributed by atoms with Gasteiger partial charge in [0.1, 0.15) is 0 Å². The van der Waals surface area contributed by atoms with Gasteiger partial charge in [-0.15, -0.1) is 0 Å². The molecule has 1 saturated carbocycles. The molecule has 4 atom stereocenters. The van der Waals surface area contributed by atoms with Crippen LogP contribution in [0.2, 0.25) is 0 Å². The average Bonchev–Trinajstić information content (AvgIpc) is 2.49. The number of carboxylic acids is 2. The van der Waals surface area contributed by atoms with Gasteiger partial charge in [0.25, 0.3) is 0 Å². The van der Waals surface area contributed by atoms with Crippen molar-refractivity contribution in [3.8, 4) is 0 Å². The SMILES string of the molecule is O=C(O)[C@@H]1[C@H](C(=O)O)[C@@H](c2ccc(Br)cc2)[C@H]1c1ccc(Br)cc1. The molecule has 0 radical (unpaired) electrons. The quantitative estimate of drug-likeness (QED) is 0.714. The predicted molar refractivity (Wildman–Crippen MR) is 96.0 cm³/mol. The van der Waals surface area contributed by atoms with E-state index >= 15 is 0 Å². The van der Waals surface area contributed by atoms with Gasteiger partial charge in [0.2, 0.25) is 0 Å². The number of benzene rings is 2. The number of hydrogen-bond acceptors (Lipinski definition) is 2. The molecule has 124 valence electrons. The summed E-state index contributed by atoms with van der Waals surface area (Å²) >= 11 is 6.73. The Morgan fingerprint density at radius 3 is 1.21 bits per heavy atom. The topological polar surface area (TPSA) is 74.6 Å². The maximum Gasteiger partial charge on any atom is 0.308 e. The van der Waals surface area contributed by atoms with Crippen LogP contribution >= 0.6 is 31.9 Å². The van der Waals surface area contributed by atoms with Gasteiger partial charge in [-0.3, -0.25) is 9.59 Å². The van der Waals surface area contributed by atoms with E-state index in [1.807, 2.05) is 48.5 Å². The summed E-state index contributed by atoms with van der Waals surface area (Å²) in [5.41, 5.74) is 1.69. The molecule has 0 aliphatic heterocycles. The highest BCUT2D eigenvalue weighted by Crippen LogP contribution is 2.58. The minimum atomic E-state index is -1.07. The third kappa shape index (κ3) is 3.00. The fraction of sp³-hybridized carbons (Fsp3) is 0.222. The van der Waals surface area contributed by atoms with E-state index < -0.39 is 23.8 Å². The molecule has 24 heavy (non-hydrogen) atoms. The number of carboxylic acid groups (broad SMARTS) is 2. The van der Waals surface area contributed by atoms with E-state index in [9.17, 15) is 19.8 Å². The van der Waals surface area contributed by atoms with Crippen molar-refractivity contribution in [2.24, 2.45) is 11.8 Å². The fourth-order valence-electron chi connectivity index (χ4n) is 3.56. The van der Waals surface area contributed by atoms with E-state index in [-0.39, 0.29) is 11.8 Å². The molecule has 0 heterocycles. The van der Waals surface area contributed by atoms with Crippen LogP contribution in [-0.4, -0.2) is 22.2 Å². The Hall–Kier alpha value is -1.66. The summed E-state index contributed by atoms with van der Waals surface area (Å²) in [6.07, 6.45) is 0. The van der Waals surface area contributed by atoms with Crippen molar-refractivity contribution in [3.05, 3.63) is 68.6 Å². The van der Waals surface area contributed by atoms with Gasteiger partial charge < -0.3 is 10.2 Å². The fourth-order valence-corrected chi connectivity index (χ4v) is 4.09. The minimum Gasteiger partial charge on any atom is -0.481 e. The summed E-state index contributed by atoms with van der Waals surface area (Å²) < 4.78 is 1.79. The van der Waals surface area contributed by atoms with E-state index in [4.69, 9.17) is 0 Å². The molecule has 0 spiro atoms. The van der Waals surface area contributed by atoms with Crippen LogP contribution in [0.3, 0.4) is 0 Å². The molecule has 1 aliphatic carbocycles. The van der Waals surface area contributed by atoms with E-state index in [0.29, 0.717) is 0 Å². The van der Waals surface area contributed by atoms with Crippen LogP contribution in [0.25, 0.3) is 0 Å². The van der Waals surface area contributed by atoms with Crippen LogP contribution in [0.5, 0.6) is 0 Å². The van der Waals surface area contributed by atoms with Gasteiger partial charge in [0.05, 0.1) is 11.8 Å². The standard InChI is InChI=1S/C18H14Br2O4/c19-11-5-1-9(2-6-11)13-14(10-3-7-12(20)8-4-10)16(18(23)24)15(13)17(21)22/h1-8,13-16H,(H,21,22)(H,23,24)/t13-,14+,15+,16-. The average molecular weight is 454 g/mol. The highest BCUT2D eigenvalue weighted by atomic mass is 79.9. The summed E-state index contributed by atoms with van der Waals surface area (Å²) in [7, 11) is 0. The molecule has 0 saturated heterocycles. The molecule has 1 aliphatic rings. The van der Waals surface area contributed by atoms with Gasteiger partial charge in [0.15, 0.2) is 0 Å². The van der Waals surface area contributed by atoms with Gasteiger partial charge in [-0.25, -0.2) is 0 Å². The second-order valence-electron chi connectivity index (χ2n) is 5.88. The van der Waals surface area contributed by atoms with Crippen molar-refractivity contribution < 1.29 is 19.8 Å². The monoisotopic (exact) mass is 452 g/mol.